The first-order chi connectivity index (χ1) is 10.0. The molecule has 0 aromatic heterocycles. The first-order valence-corrected chi connectivity index (χ1v) is 7.64. The number of hydrogen-bond acceptors (Lipinski definition) is 3. The monoisotopic (exact) mass is 310 g/mol. The molecule has 1 amide bonds. The van der Waals surface area contributed by atoms with Crippen LogP contribution in [0.3, 0.4) is 0 Å². The van der Waals surface area contributed by atoms with Gasteiger partial charge in [0.2, 0.25) is 0 Å². The van der Waals surface area contributed by atoms with Crippen LogP contribution in [0.15, 0.2) is 18.2 Å². The van der Waals surface area contributed by atoms with Gasteiger partial charge in [0.05, 0.1) is 15.5 Å². The molecule has 1 aliphatic heterocycles. The second-order valence-electron chi connectivity index (χ2n) is 5.42. The molecular formula is C15H19ClN2O3. The standard InChI is InChI=1S/C15H19ClN2O3/c1-2-11-4-3-8-17(9-7-11)15(19)13-10-12(18(20)21)5-6-14(13)16/h5-6,10-11H,2-4,7-9H2,1H3. The summed E-state index contributed by atoms with van der Waals surface area (Å²) in [7, 11) is 0. The molecular weight excluding hydrogens is 292 g/mol. The minimum Gasteiger partial charge on any atom is -0.339 e. The minimum absolute atomic E-state index is 0.107. The molecule has 2 rings (SSSR count). The molecule has 1 aromatic carbocycles. The van der Waals surface area contributed by atoms with Gasteiger partial charge in [-0.05, 0) is 31.2 Å². The Bertz CT molecular complexity index is 548. The van der Waals surface area contributed by atoms with E-state index in [9.17, 15) is 14.9 Å². The highest BCUT2D eigenvalue weighted by molar-refractivity contribution is 6.33. The van der Waals surface area contributed by atoms with Crippen LogP contribution in [0.5, 0.6) is 0 Å². The van der Waals surface area contributed by atoms with E-state index < -0.39 is 4.92 Å². The second kappa shape index (κ2) is 6.89. The highest BCUT2D eigenvalue weighted by Crippen LogP contribution is 2.26. The van der Waals surface area contributed by atoms with E-state index in [2.05, 4.69) is 6.92 Å². The molecule has 21 heavy (non-hydrogen) atoms. The van der Waals surface area contributed by atoms with Crippen molar-refractivity contribution in [1.29, 1.82) is 0 Å². The molecule has 1 atom stereocenters. The summed E-state index contributed by atoms with van der Waals surface area (Å²) < 4.78 is 0. The summed E-state index contributed by atoms with van der Waals surface area (Å²) in [5.41, 5.74) is 0.116. The van der Waals surface area contributed by atoms with Crippen molar-refractivity contribution < 1.29 is 9.72 Å². The van der Waals surface area contributed by atoms with E-state index in [-0.39, 0.29) is 22.2 Å². The Labute approximate surface area is 129 Å². The molecule has 0 saturated carbocycles. The average molecular weight is 311 g/mol. The van der Waals surface area contributed by atoms with Gasteiger partial charge in [0.15, 0.2) is 0 Å². The van der Waals surface area contributed by atoms with Crippen LogP contribution in [0.1, 0.15) is 43.0 Å². The SMILES string of the molecule is CCC1CCCN(C(=O)c2cc([N+](=O)[O-])ccc2Cl)CC1. The lowest BCUT2D eigenvalue weighted by Crippen LogP contribution is -2.32. The molecule has 1 unspecified atom stereocenters. The number of rotatable bonds is 3. The van der Waals surface area contributed by atoms with Crippen molar-refractivity contribution in [3.8, 4) is 0 Å². The number of nitrogens with zero attached hydrogens (tertiary/aromatic N) is 2. The van der Waals surface area contributed by atoms with Crippen LogP contribution >= 0.6 is 11.6 Å². The lowest BCUT2D eigenvalue weighted by molar-refractivity contribution is -0.384. The first kappa shape index (κ1) is 15.8. The van der Waals surface area contributed by atoms with Gasteiger partial charge in [-0.15, -0.1) is 0 Å². The highest BCUT2D eigenvalue weighted by atomic mass is 35.5. The molecule has 0 spiro atoms. The van der Waals surface area contributed by atoms with Gasteiger partial charge in [-0.3, -0.25) is 14.9 Å². The number of non-ortho nitro benzene ring substituents is 1. The smallest absolute Gasteiger partial charge is 0.270 e. The van der Waals surface area contributed by atoms with Crippen molar-refractivity contribution in [2.45, 2.75) is 32.6 Å². The zero-order valence-electron chi connectivity index (χ0n) is 12.0. The molecule has 1 aromatic rings. The maximum atomic E-state index is 12.6. The molecule has 114 valence electrons. The fraction of sp³-hybridized carbons (Fsp3) is 0.533. The maximum absolute atomic E-state index is 12.6. The summed E-state index contributed by atoms with van der Waals surface area (Å²) in [6, 6.07) is 4.00. The first-order valence-electron chi connectivity index (χ1n) is 7.26. The van der Waals surface area contributed by atoms with E-state index >= 15 is 0 Å². The number of halogens is 1. The molecule has 1 saturated heterocycles. The predicted octanol–water partition coefficient (Wildman–Crippen LogP) is 3.90. The van der Waals surface area contributed by atoms with Gasteiger partial charge in [-0.2, -0.15) is 0 Å². The Morgan fingerprint density at radius 2 is 2.19 bits per heavy atom. The van der Waals surface area contributed by atoms with Crippen LogP contribution in [-0.2, 0) is 0 Å². The molecule has 6 heteroatoms. The molecule has 0 aliphatic carbocycles. The van der Waals surface area contributed by atoms with E-state index in [1.807, 2.05) is 0 Å². The molecule has 1 heterocycles. The lowest BCUT2D eigenvalue weighted by Gasteiger charge is -2.21. The molecule has 0 radical (unpaired) electrons. The molecule has 5 nitrogen and oxygen atoms in total. The topological polar surface area (TPSA) is 63.5 Å². The van der Waals surface area contributed by atoms with Gasteiger partial charge < -0.3 is 4.90 Å². The minimum atomic E-state index is -0.511. The zero-order valence-corrected chi connectivity index (χ0v) is 12.8. The number of benzene rings is 1. The number of carbonyl (C=O) groups is 1. The summed E-state index contributed by atoms with van der Waals surface area (Å²) >= 11 is 6.04. The molecule has 0 N–H and O–H groups in total. The number of amides is 1. The van der Waals surface area contributed by atoms with Crippen molar-refractivity contribution in [2.75, 3.05) is 13.1 Å². The van der Waals surface area contributed by atoms with Crippen LogP contribution in [0, 0.1) is 16.0 Å². The average Bonchev–Trinajstić information content (AvgIpc) is 2.72. The fourth-order valence-electron chi connectivity index (χ4n) is 2.74. The van der Waals surface area contributed by atoms with E-state index in [0.717, 1.165) is 25.7 Å². The zero-order chi connectivity index (χ0) is 15.4. The predicted molar refractivity (Wildman–Crippen MR) is 81.6 cm³/mol. The normalized spacial score (nSPS) is 19.1. The third kappa shape index (κ3) is 3.73. The second-order valence-corrected chi connectivity index (χ2v) is 5.83. The summed E-state index contributed by atoms with van der Waals surface area (Å²) in [4.78, 5) is 24.7. The van der Waals surface area contributed by atoms with Gasteiger partial charge in [0.25, 0.3) is 11.6 Å². The maximum Gasteiger partial charge on any atom is 0.270 e. The van der Waals surface area contributed by atoms with E-state index in [0.29, 0.717) is 19.0 Å². The number of hydrogen-bond donors (Lipinski definition) is 0. The van der Waals surface area contributed by atoms with E-state index in [4.69, 9.17) is 11.6 Å². The summed E-state index contributed by atoms with van der Waals surface area (Å²) in [5.74, 6) is 0.448. The highest BCUT2D eigenvalue weighted by Gasteiger charge is 2.24. The van der Waals surface area contributed by atoms with Gasteiger partial charge in [-0.1, -0.05) is 24.9 Å². The third-order valence-corrected chi connectivity index (χ3v) is 4.43. The Balaban J connectivity index is 2.19. The summed E-state index contributed by atoms with van der Waals surface area (Å²) in [6.45, 7) is 3.55. The van der Waals surface area contributed by atoms with Crippen molar-refractivity contribution in [3.63, 3.8) is 0 Å². The van der Waals surface area contributed by atoms with E-state index in [1.54, 1.807) is 4.90 Å². The number of carbonyl (C=O) groups excluding carboxylic acids is 1. The Morgan fingerprint density at radius 3 is 2.86 bits per heavy atom. The van der Waals surface area contributed by atoms with Crippen LogP contribution in [0.4, 0.5) is 5.69 Å². The fourth-order valence-corrected chi connectivity index (χ4v) is 2.94. The largest absolute Gasteiger partial charge is 0.339 e. The Morgan fingerprint density at radius 1 is 1.43 bits per heavy atom. The van der Waals surface area contributed by atoms with Gasteiger partial charge in [-0.25, -0.2) is 0 Å². The van der Waals surface area contributed by atoms with Crippen LogP contribution in [0.2, 0.25) is 5.02 Å². The number of likely N-dealkylation sites (tertiary alicyclic amines) is 1. The number of nitro groups is 1. The van der Waals surface area contributed by atoms with Gasteiger partial charge >= 0.3 is 0 Å². The lowest BCUT2D eigenvalue weighted by atomic mass is 9.98. The van der Waals surface area contributed by atoms with Crippen molar-refractivity contribution in [2.24, 2.45) is 5.92 Å². The molecule has 1 aliphatic rings. The van der Waals surface area contributed by atoms with E-state index in [1.165, 1.54) is 18.2 Å². The van der Waals surface area contributed by atoms with Crippen LogP contribution < -0.4 is 0 Å². The van der Waals surface area contributed by atoms with Crippen molar-refractivity contribution in [1.82, 2.24) is 4.90 Å². The molecule has 1 fully saturated rings. The van der Waals surface area contributed by atoms with Gasteiger partial charge in [0, 0.05) is 25.2 Å². The Hall–Kier alpha value is -1.62. The van der Waals surface area contributed by atoms with Crippen LogP contribution in [-0.4, -0.2) is 28.8 Å². The number of nitro benzene ring substituents is 1. The molecule has 0 bridgehead atoms. The van der Waals surface area contributed by atoms with Crippen molar-refractivity contribution >= 4 is 23.2 Å². The third-order valence-electron chi connectivity index (χ3n) is 4.10. The summed E-state index contributed by atoms with van der Waals surface area (Å²) in [5, 5.41) is 11.1. The summed E-state index contributed by atoms with van der Waals surface area (Å²) in [6.07, 6.45) is 4.20. The Kier molecular flexibility index (Phi) is 5.17. The van der Waals surface area contributed by atoms with Gasteiger partial charge in [0.1, 0.15) is 0 Å². The van der Waals surface area contributed by atoms with Crippen molar-refractivity contribution in [3.05, 3.63) is 38.9 Å². The van der Waals surface area contributed by atoms with Crippen LogP contribution in [0.25, 0.3) is 0 Å². The quantitative estimate of drug-likeness (QED) is 0.628.